The Balaban J connectivity index is 1.95. The summed E-state index contributed by atoms with van der Waals surface area (Å²) in [5, 5.41) is 64.3. The molecule has 1 spiro atoms. The number of aliphatic hydroxyl groups excluding tert-OH is 4. The molecule has 1 aliphatic carbocycles. The molecule has 5 aliphatic rings. The van der Waals surface area contributed by atoms with Gasteiger partial charge in [-0.1, -0.05) is 0 Å². The van der Waals surface area contributed by atoms with Crippen molar-refractivity contribution >= 4 is 5.96 Å². The van der Waals surface area contributed by atoms with Gasteiger partial charge in [0.1, 0.15) is 29.5 Å². The Morgan fingerprint density at radius 3 is 2.45 bits per heavy atom. The van der Waals surface area contributed by atoms with E-state index < -0.39 is 60.3 Å². The molecule has 11 heteroatoms. The zero-order chi connectivity index (χ0) is 16.1. The lowest BCUT2D eigenvalue weighted by atomic mass is 9.55. The van der Waals surface area contributed by atoms with E-state index in [9.17, 15) is 30.6 Å². The molecule has 0 amide bonds. The van der Waals surface area contributed by atoms with Crippen molar-refractivity contribution in [1.82, 2.24) is 5.32 Å². The van der Waals surface area contributed by atoms with Crippen LogP contribution in [0.1, 0.15) is 0 Å². The molecule has 0 aromatic rings. The molecule has 4 bridgehead atoms. The van der Waals surface area contributed by atoms with Crippen LogP contribution in [-0.2, 0) is 9.47 Å². The van der Waals surface area contributed by atoms with E-state index in [1.165, 1.54) is 0 Å². The van der Waals surface area contributed by atoms with Gasteiger partial charge in [0, 0.05) is 0 Å². The SMILES string of the molecule is NC1=N[C@H](O)[C@H]2[C@H]3O[C@]4(O)O[C@@H]([C@@H](O)[C@@]2(N1)[C@H]4O)[C@]3(O)CO. The molecule has 22 heavy (non-hydrogen) atoms. The van der Waals surface area contributed by atoms with Gasteiger partial charge in [0.25, 0.3) is 0 Å². The topological polar surface area (TPSA) is 190 Å². The molecule has 0 aromatic heterocycles. The zero-order valence-corrected chi connectivity index (χ0v) is 11.2. The van der Waals surface area contributed by atoms with Crippen LogP contribution in [0.25, 0.3) is 0 Å². The number of nitrogens with zero attached hydrogens (tertiary/aromatic N) is 1. The highest BCUT2D eigenvalue weighted by Crippen LogP contribution is 2.58. The van der Waals surface area contributed by atoms with Gasteiger partial charge in [-0.25, -0.2) is 4.99 Å². The van der Waals surface area contributed by atoms with Gasteiger partial charge in [0.05, 0.1) is 12.5 Å². The second-order valence-corrected chi connectivity index (χ2v) is 6.22. The maximum absolute atomic E-state index is 10.6. The number of nitrogens with two attached hydrogens (primary N) is 1. The van der Waals surface area contributed by atoms with Crippen molar-refractivity contribution in [1.29, 1.82) is 0 Å². The normalized spacial score (nSPS) is 62.4. The summed E-state index contributed by atoms with van der Waals surface area (Å²) < 4.78 is 10.3. The fraction of sp³-hybridized carbons (Fsp3) is 0.909. The van der Waals surface area contributed by atoms with Crippen molar-refractivity contribution in [2.45, 2.75) is 47.8 Å². The lowest BCUT2D eigenvalue weighted by Crippen LogP contribution is -2.95. The van der Waals surface area contributed by atoms with E-state index in [0.717, 1.165) is 0 Å². The van der Waals surface area contributed by atoms with Crippen LogP contribution in [0.15, 0.2) is 4.99 Å². The summed E-state index contributed by atoms with van der Waals surface area (Å²) in [6.45, 7) is -0.857. The molecule has 11 nitrogen and oxygen atoms in total. The first kappa shape index (κ1) is 14.5. The summed E-state index contributed by atoms with van der Waals surface area (Å²) in [5.41, 5.74) is 1.74. The Morgan fingerprint density at radius 1 is 1.18 bits per heavy atom. The number of aliphatic hydroxyl groups is 6. The summed E-state index contributed by atoms with van der Waals surface area (Å²) in [7, 11) is 0. The van der Waals surface area contributed by atoms with Crippen molar-refractivity contribution in [2.75, 3.05) is 6.61 Å². The van der Waals surface area contributed by atoms with Crippen molar-refractivity contribution in [2.24, 2.45) is 16.6 Å². The minimum absolute atomic E-state index is 0.250. The summed E-state index contributed by atoms with van der Waals surface area (Å²) in [6.07, 6.45) is -7.77. The smallest absolute Gasteiger partial charge is 0.311 e. The van der Waals surface area contributed by atoms with E-state index >= 15 is 0 Å². The van der Waals surface area contributed by atoms with Gasteiger partial charge in [0.2, 0.25) is 0 Å². The summed E-state index contributed by atoms with van der Waals surface area (Å²) >= 11 is 0. The molecule has 0 radical (unpaired) electrons. The van der Waals surface area contributed by atoms with Crippen LogP contribution >= 0.6 is 0 Å². The number of ether oxygens (including phenoxy) is 2. The minimum atomic E-state index is -2.52. The molecule has 4 fully saturated rings. The molecule has 5 rings (SSSR count). The fourth-order valence-corrected chi connectivity index (χ4v) is 4.24. The Kier molecular flexibility index (Phi) is 2.57. The molecular weight excluding hydrogens is 302 g/mol. The first-order chi connectivity index (χ1) is 10.2. The maximum Gasteiger partial charge on any atom is 0.311 e. The van der Waals surface area contributed by atoms with E-state index in [1.54, 1.807) is 0 Å². The first-order valence-electron chi connectivity index (χ1n) is 6.77. The van der Waals surface area contributed by atoms with Crippen LogP contribution in [-0.4, -0.2) is 91.0 Å². The second kappa shape index (κ2) is 3.88. The van der Waals surface area contributed by atoms with Gasteiger partial charge in [0.15, 0.2) is 18.3 Å². The average molecular weight is 319 g/mol. The van der Waals surface area contributed by atoms with Gasteiger partial charge >= 0.3 is 5.97 Å². The Bertz CT molecular complexity index is 561. The quantitative estimate of drug-likeness (QED) is 0.231. The average Bonchev–Trinajstić information content (AvgIpc) is 2.45. The van der Waals surface area contributed by atoms with Gasteiger partial charge in [-0.2, -0.15) is 0 Å². The molecule has 4 aliphatic heterocycles. The lowest BCUT2D eigenvalue weighted by molar-refractivity contribution is -0.548. The molecule has 9 atom stereocenters. The van der Waals surface area contributed by atoms with Crippen molar-refractivity contribution in [3.8, 4) is 0 Å². The van der Waals surface area contributed by atoms with Crippen LogP contribution in [0.4, 0.5) is 0 Å². The Morgan fingerprint density at radius 2 is 1.82 bits per heavy atom. The molecular formula is C11H17N3O8. The van der Waals surface area contributed by atoms with E-state index in [4.69, 9.17) is 15.2 Å². The van der Waals surface area contributed by atoms with E-state index in [2.05, 4.69) is 10.3 Å². The van der Waals surface area contributed by atoms with Crippen LogP contribution in [0.2, 0.25) is 0 Å². The summed E-state index contributed by atoms with van der Waals surface area (Å²) in [6, 6.07) is 0. The molecule has 1 saturated carbocycles. The zero-order valence-electron chi connectivity index (χ0n) is 11.2. The predicted octanol–water partition coefficient (Wildman–Crippen LogP) is -5.52. The highest BCUT2D eigenvalue weighted by Gasteiger charge is 2.82. The van der Waals surface area contributed by atoms with Crippen LogP contribution in [0.5, 0.6) is 0 Å². The monoisotopic (exact) mass is 319 g/mol. The van der Waals surface area contributed by atoms with Gasteiger partial charge in [-0.05, 0) is 0 Å². The highest BCUT2D eigenvalue weighted by atomic mass is 16.9. The van der Waals surface area contributed by atoms with Crippen LogP contribution in [0.3, 0.4) is 0 Å². The standard InChI is InChI=1S/C11H17N3O8/c12-8-13-6(17)2-4-9(19,1-15)5-3(16)10(2,14-8)7(18)11(20,21-4)22-5/h2-7,15-20H,1H2,(H3,12,13,14)/t2-,3-,4-,5+,6-,7-,9+,10-,11+/m1/s1. The molecule has 0 unspecified atom stereocenters. The Hall–Kier alpha value is -1.05. The number of hydrogen-bond acceptors (Lipinski definition) is 11. The molecule has 4 heterocycles. The fourth-order valence-electron chi connectivity index (χ4n) is 4.24. The van der Waals surface area contributed by atoms with Crippen LogP contribution < -0.4 is 11.1 Å². The second-order valence-electron chi connectivity index (χ2n) is 6.22. The Labute approximate surface area is 123 Å². The third-order valence-corrected chi connectivity index (χ3v) is 5.22. The highest BCUT2D eigenvalue weighted by molar-refractivity contribution is 5.80. The van der Waals surface area contributed by atoms with E-state index in [0.29, 0.717) is 0 Å². The lowest BCUT2D eigenvalue weighted by Gasteiger charge is -2.71. The number of aliphatic imine (C=N–C) groups is 1. The summed E-state index contributed by atoms with van der Waals surface area (Å²) in [4.78, 5) is 3.70. The first-order valence-corrected chi connectivity index (χ1v) is 6.77. The third-order valence-electron chi connectivity index (χ3n) is 5.22. The van der Waals surface area contributed by atoms with Gasteiger partial charge < -0.3 is 51.2 Å². The number of nitrogens with one attached hydrogen (secondary N) is 1. The van der Waals surface area contributed by atoms with Crippen molar-refractivity contribution in [3.05, 3.63) is 0 Å². The molecule has 124 valence electrons. The van der Waals surface area contributed by atoms with Gasteiger partial charge in [-0.3, -0.25) is 0 Å². The molecule has 0 aromatic carbocycles. The summed E-state index contributed by atoms with van der Waals surface area (Å²) in [5.74, 6) is -3.95. The number of rotatable bonds is 1. The number of guanidine groups is 1. The van der Waals surface area contributed by atoms with Crippen LogP contribution in [0, 0.1) is 5.92 Å². The van der Waals surface area contributed by atoms with Gasteiger partial charge in [-0.15, -0.1) is 0 Å². The van der Waals surface area contributed by atoms with E-state index in [1.807, 2.05) is 0 Å². The maximum atomic E-state index is 10.6. The van der Waals surface area contributed by atoms with Crippen molar-refractivity contribution in [3.63, 3.8) is 0 Å². The third kappa shape index (κ3) is 1.28. The number of hydrogen-bond donors (Lipinski definition) is 8. The van der Waals surface area contributed by atoms with Crippen molar-refractivity contribution < 1.29 is 40.1 Å². The van der Waals surface area contributed by atoms with E-state index in [-0.39, 0.29) is 5.96 Å². The molecule has 3 saturated heterocycles. The largest absolute Gasteiger partial charge is 0.393 e. The minimum Gasteiger partial charge on any atom is -0.393 e. The predicted molar refractivity (Wildman–Crippen MR) is 65.7 cm³/mol. The molecule has 9 N–H and O–H groups in total.